The van der Waals surface area contributed by atoms with E-state index in [1.807, 2.05) is 0 Å². The first-order valence-corrected chi connectivity index (χ1v) is 7.09. The molecule has 0 aliphatic heterocycles. The lowest BCUT2D eigenvalue weighted by molar-refractivity contribution is 0.156. The minimum absolute atomic E-state index is 0.395. The summed E-state index contributed by atoms with van der Waals surface area (Å²) in [5, 5.41) is 0. The van der Waals surface area contributed by atoms with Crippen LogP contribution in [0.4, 0.5) is 0 Å². The highest BCUT2D eigenvalue weighted by atomic mass is 127. The first kappa shape index (κ1) is 9.20. The predicted octanol–water partition coefficient (Wildman–Crippen LogP) is 4.28. The molecular formula is C11H14BrI. The van der Waals surface area contributed by atoms with Crippen molar-refractivity contribution in [3.05, 3.63) is 9.66 Å². The second-order valence-electron chi connectivity index (χ2n) is 5.09. The molecule has 0 nitrogen and oxygen atoms in total. The highest BCUT2D eigenvalue weighted by Crippen LogP contribution is 2.57. The highest BCUT2D eigenvalue weighted by molar-refractivity contribution is 14.1. The molecule has 0 heterocycles. The van der Waals surface area contributed by atoms with Gasteiger partial charge in [0.1, 0.15) is 0 Å². The van der Waals surface area contributed by atoms with E-state index in [1.165, 1.54) is 32.1 Å². The molecular weight excluding hydrogens is 339 g/mol. The van der Waals surface area contributed by atoms with Crippen LogP contribution in [0.3, 0.4) is 0 Å². The monoisotopic (exact) mass is 352 g/mol. The Hall–Kier alpha value is 0.950. The van der Waals surface area contributed by atoms with Gasteiger partial charge in [0.15, 0.2) is 0 Å². The van der Waals surface area contributed by atoms with E-state index in [0.717, 1.165) is 17.8 Å². The molecule has 0 aromatic heterocycles. The Morgan fingerprint density at radius 1 is 1.23 bits per heavy atom. The Balaban J connectivity index is 2.05. The molecule has 0 aromatic rings. The van der Waals surface area contributed by atoms with E-state index in [1.54, 1.807) is 3.58 Å². The van der Waals surface area contributed by atoms with Crippen molar-refractivity contribution in [2.75, 3.05) is 0 Å². The third-order valence-corrected chi connectivity index (χ3v) is 7.18. The van der Waals surface area contributed by atoms with E-state index < -0.39 is 0 Å². The summed E-state index contributed by atoms with van der Waals surface area (Å²) in [5.41, 5.74) is 0. The normalized spacial score (nSPS) is 53.4. The predicted molar refractivity (Wildman–Crippen MR) is 67.3 cm³/mol. The van der Waals surface area contributed by atoms with Crippen LogP contribution in [0, 0.1) is 17.8 Å². The molecule has 4 atom stereocenters. The molecule has 2 saturated carbocycles. The summed E-state index contributed by atoms with van der Waals surface area (Å²) in [6.07, 6.45) is 9.80. The molecule has 0 aromatic carbocycles. The number of rotatable bonds is 0. The summed E-state index contributed by atoms with van der Waals surface area (Å²) in [7, 11) is 0. The largest absolute Gasteiger partial charge is 0.0796 e. The van der Waals surface area contributed by atoms with Gasteiger partial charge >= 0.3 is 0 Å². The topological polar surface area (TPSA) is 0 Å². The lowest BCUT2D eigenvalue weighted by Crippen LogP contribution is -2.35. The lowest BCUT2D eigenvalue weighted by Gasteiger charge is -2.43. The average Bonchev–Trinajstić information content (AvgIpc) is 2.12. The molecule has 0 saturated heterocycles. The van der Waals surface area contributed by atoms with Gasteiger partial charge in [-0.25, -0.2) is 0 Å². The van der Waals surface area contributed by atoms with Gasteiger partial charge in [0.05, 0.1) is 4.32 Å². The summed E-state index contributed by atoms with van der Waals surface area (Å²) in [6.45, 7) is 0. The van der Waals surface area contributed by atoms with E-state index >= 15 is 0 Å². The summed E-state index contributed by atoms with van der Waals surface area (Å²) in [4.78, 5) is 0. The summed E-state index contributed by atoms with van der Waals surface area (Å²) in [5.74, 6) is 2.94. The van der Waals surface area contributed by atoms with Crippen LogP contribution in [0.25, 0.3) is 0 Å². The Bertz CT molecular complexity index is 257. The van der Waals surface area contributed by atoms with Gasteiger partial charge in [-0.3, -0.25) is 0 Å². The first-order valence-electron chi connectivity index (χ1n) is 5.22. The molecule has 2 fully saturated rings. The Morgan fingerprint density at radius 3 is 2.46 bits per heavy atom. The summed E-state index contributed by atoms with van der Waals surface area (Å²) < 4.78 is 1.99. The molecule has 0 radical (unpaired) electrons. The standard InChI is InChI=1S/C11H14BrI/c12-11-5-8-1-7(4-10(11)13)2-9(3-8)6-11/h4,7-9H,1-3,5-6H2/t7?,8-,9+,11?. The lowest BCUT2D eigenvalue weighted by atomic mass is 9.67. The van der Waals surface area contributed by atoms with Crippen molar-refractivity contribution in [3.8, 4) is 0 Å². The van der Waals surface area contributed by atoms with Crippen LogP contribution in [0.2, 0.25) is 0 Å². The molecule has 4 aliphatic carbocycles. The van der Waals surface area contributed by atoms with Crippen molar-refractivity contribution in [2.24, 2.45) is 17.8 Å². The molecule has 4 aliphatic rings. The second kappa shape index (κ2) is 2.97. The second-order valence-corrected chi connectivity index (χ2v) is 7.77. The minimum atomic E-state index is 0.395. The Labute approximate surface area is 102 Å². The van der Waals surface area contributed by atoms with Gasteiger partial charge in [-0.05, 0) is 72.4 Å². The fraction of sp³-hybridized carbons (Fsp3) is 0.818. The Kier molecular flexibility index (Phi) is 2.10. The van der Waals surface area contributed by atoms with Crippen molar-refractivity contribution in [1.29, 1.82) is 0 Å². The van der Waals surface area contributed by atoms with Crippen molar-refractivity contribution in [3.63, 3.8) is 0 Å². The average molecular weight is 353 g/mol. The van der Waals surface area contributed by atoms with Crippen LogP contribution in [0.1, 0.15) is 32.1 Å². The molecule has 13 heavy (non-hydrogen) atoms. The third-order valence-electron chi connectivity index (χ3n) is 3.97. The van der Waals surface area contributed by atoms with E-state index in [-0.39, 0.29) is 0 Å². The maximum absolute atomic E-state index is 3.99. The fourth-order valence-electron chi connectivity index (χ4n) is 3.64. The van der Waals surface area contributed by atoms with Crippen molar-refractivity contribution in [1.82, 2.24) is 0 Å². The zero-order valence-corrected chi connectivity index (χ0v) is 11.3. The zero-order valence-electron chi connectivity index (χ0n) is 7.60. The van der Waals surface area contributed by atoms with Crippen LogP contribution in [0.5, 0.6) is 0 Å². The van der Waals surface area contributed by atoms with Crippen molar-refractivity contribution in [2.45, 2.75) is 36.4 Å². The van der Waals surface area contributed by atoms with E-state index in [9.17, 15) is 0 Å². The van der Waals surface area contributed by atoms with Crippen molar-refractivity contribution >= 4 is 38.5 Å². The molecule has 0 amide bonds. The van der Waals surface area contributed by atoms with E-state index in [0.29, 0.717) is 4.32 Å². The quantitative estimate of drug-likeness (QED) is 0.451. The minimum Gasteiger partial charge on any atom is -0.0796 e. The van der Waals surface area contributed by atoms with Gasteiger partial charge in [-0.1, -0.05) is 22.0 Å². The summed E-state index contributed by atoms with van der Waals surface area (Å²) in [6, 6.07) is 0. The highest BCUT2D eigenvalue weighted by Gasteiger charge is 2.46. The number of alkyl halides is 1. The maximum Gasteiger partial charge on any atom is 0.0565 e. The van der Waals surface area contributed by atoms with Gasteiger partial charge in [-0.2, -0.15) is 0 Å². The Morgan fingerprint density at radius 2 is 1.85 bits per heavy atom. The third kappa shape index (κ3) is 1.43. The molecule has 2 heteroatoms. The molecule has 4 rings (SSSR count). The van der Waals surface area contributed by atoms with Crippen molar-refractivity contribution < 1.29 is 0 Å². The molecule has 0 spiro atoms. The summed E-state index contributed by atoms with van der Waals surface area (Å²) >= 11 is 6.55. The molecule has 72 valence electrons. The van der Waals surface area contributed by atoms with Gasteiger partial charge in [-0.15, -0.1) is 0 Å². The van der Waals surface area contributed by atoms with Gasteiger partial charge in [0, 0.05) is 3.58 Å². The van der Waals surface area contributed by atoms with E-state index in [4.69, 9.17) is 0 Å². The molecule has 0 N–H and O–H groups in total. The van der Waals surface area contributed by atoms with Crippen LogP contribution >= 0.6 is 38.5 Å². The zero-order chi connectivity index (χ0) is 9.05. The van der Waals surface area contributed by atoms with Gasteiger partial charge in [0.2, 0.25) is 0 Å². The van der Waals surface area contributed by atoms with Crippen LogP contribution in [-0.2, 0) is 0 Å². The van der Waals surface area contributed by atoms with Crippen LogP contribution < -0.4 is 0 Å². The number of hydrogen-bond acceptors (Lipinski definition) is 0. The van der Waals surface area contributed by atoms with Crippen LogP contribution in [-0.4, -0.2) is 4.32 Å². The SMILES string of the molecule is BrC12C[C@@H]3CC(C=C1I)C[C@@H](C3)C2. The number of allylic oxidation sites excluding steroid dienone is 2. The first-order chi connectivity index (χ1) is 6.16. The van der Waals surface area contributed by atoms with Crippen LogP contribution in [0.15, 0.2) is 9.66 Å². The van der Waals surface area contributed by atoms with E-state index in [2.05, 4.69) is 44.6 Å². The fourth-order valence-corrected chi connectivity index (χ4v) is 5.63. The number of halogens is 2. The molecule has 4 bridgehead atoms. The van der Waals surface area contributed by atoms with Gasteiger partial charge in [0.25, 0.3) is 0 Å². The smallest absolute Gasteiger partial charge is 0.0565 e. The number of hydrogen-bond donors (Lipinski definition) is 0. The molecule has 2 unspecified atom stereocenters. The maximum atomic E-state index is 3.99. The van der Waals surface area contributed by atoms with Gasteiger partial charge < -0.3 is 0 Å².